The molecule has 0 radical (unpaired) electrons. The first-order valence-electron chi connectivity index (χ1n) is 7.73. The molecule has 1 saturated heterocycles. The lowest BCUT2D eigenvalue weighted by molar-refractivity contribution is 0.0463. The molecule has 116 valence electrons. The molecule has 0 aromatic carbocycles. The van der Waals surface area contributed by atoms with E-state index in [9.17, 15) is 5.11 Å². The molecule has 1 aliphatic heterocycles. The summed E-state index contributed by atoms with van der Waals surface area (Å²) in [4.78, 5) is 17.8. The van der Waals surface area contributed by atoms with Crippen LogP contribution in [0.4, 0.5) is 17.8 Å². The highest BCUT2D eigenvalue weighted by Crippen LogP contribution is 2.29. The molecule has 7 nitrogen and oxygen atoms in total. The van der Waals surface area contributed by atoms with E-state index in [0.717, 1.165) is 38.4 Å². The molecule has 0 amide bonds. The maximum atomic E-state index is 9.40. The van der Waals surface area contributed by atoms with Gasteiger partial charge in [-0.3, -0.25) is 0 Å². The van der Waals surface area contributed by atoms with Crippen LogP contribution in [0.2, 0.25) is 0 Å². The number of nitrogens with zero attached hydrogens (tertiary/aromatic N) is 5. The molecule has 3 rings (SSSR count). The predicted molar refractivity (Wildman–Crippen MR) is 82.8 cm³/mol. The number of aromatic nitrogens is 3. The smallest absolute Gasteiger partial charge is 0.231 e. The highest BCUT2D eigenvalue weighted by Gasteiger charge is 2.29. The molecule has 0 atom stereocenters. The van der Waals surface area contributed by atoms with E-state index < -0.39 is 0 Å². The Morgan fingerprint density at radius 1 is 1.24 bits per heavy atom. The summed E-state index contributed by atoms with van der Waals surface area (Å²) in [5, 5.41) is 12.4. The second-order valence-electron chi connectivity index (χ2n) is 6.07. The zero-order chi connectivity index (χ0) is 14.8. The molecule has 0 unspecified atom stereocenters. The lowest BCUT2D eigenvalue weighted by atomic mass is 9.82. The average Bonchev–Trinajstić information content (AvgIpc) is 2.99. The molecule has 2 heterocycles. The third-order valence-electron chi connectivity index (χ3n) is 4.31. The van der Waals surface area contributed by atoms with Crippen LogP contribution in [0.25, 0.3) is 0 Å². The second-order valence-corrected chi connectivity index (χ2v) is 6.07. The molecule has 7 heteroatoms. The summed E-state index contributed by atoms with van der Waals surface area (Å²) < 4.78 is 0. The van der Waals surface area contributed by atoms with E-state index in [1.807, 2.05) is 14.1 Å². The second kappa shape index (κ2) is 6.01. The zero-order valence-electron chi connectivity index (χ0n) is 12.8. The van der Waals surface area contributed by atoms with Crippen molar-refractivity contribution in [2.24, 2.45) is 5.92 Å². The van der Waals surface area contributed by atoms with Gasteiger partial charge in [0.2, 0.25) is 17.8 Å². The Bertz CT molecular complexity index is 484. The summed E-state index contributed by atoms with van der Waals surface area (Å²) in [6.45, 7) is 2.92. The molecule has 1 aliphatic carbocycles. The van der Waals surface area contributed by atoms with Crippen LogP contribution >= 0.6 is 0 Å². The van der Waals surface area contributed by atoms with E-state index in [0.29, 0.717) is 17.8 Å². The van der Waals surface area contributed by atoms with Crippen molar-refractivity contribution >= 4 is 17.8 Å². The quantitative estimate of drug-likeness (QED) is 0.828. The fraction of sp³-hybridized carbons (Fsp3) is 0.786. The summed E-state index contributed by atoms with van der Waals surface area (Å²) in [7, 11) is 3.84. The zero-order valence-corrected chi connectivity index (χ0v) is 12.8. The van der Waals surface area contributed by atoms with Gasteiger partial charge in [0.15, 0.2) is 0 Å². The maximum absolute atomic E-state index is 9.40. The van der Waals surface area contributed by atoms with Crippen molar-refractivity contribution < 1.29 is 5.11 Å². The molecule has 2 fully saturated rings. The Morgan fingerprint density at radius 3 is 2.57 bits per heavy atom. The highest BCUT2D eigenvalue weighted by atomic mass is 16.3. The number of aliphatic hydroxyl groups is 1. The topological polar surface area (TPSA) is 77.4 Å². The van der Waals surface area contributed by atoms with Gasteiger partial charge in [0.1, 0.15) is 0 Å². The molecule has 1 aromatic rings. The SMILES string of the molecule is CNc1nc(N(C)CC2CC(O)C2)nc(N2CCCC2)n1. The lowest BCUT2D eigenvalue weighted by Crippen LogP contribution is -2.38. The molecule has 2 aliphatic rings. The number of hydrogen-bond donors (Lipinski definition) is 2. The van der Waals surface area contributed by atoms with Crippen molar-refractivity contribution in [3.8, 4) is 0 Å². The average molecular weight is 292 g/mol. The summed E-state index contributed by atoms with van der Waals surface area (Å²) in [5.41, 5.74) is 0. The van der Waals surface area contributed by atoms with Crippen LogP contribution < -0.4 is 15.1 Å². The minimum atomic E-state index is -0.116. The van der Waals surface area contributed by atoms with Gasteiger partial charge in [0.25, 0.3) is 0 Å². The van der Waals surface area contributed by atoms with Crippen molar-refractivity contribution in [3.05, 3.63) is 0 Å². The molecule has 0 bridgehead atoms. The first kappa shape index (κ1) is 14.3. The molecule has 1 saturated carbocycles. The van der Waals surface area contributed by atoms with Crippen LogP contribution in [-0.2, 0) is 0 Å². The standard InChI is InChI=1S/C14H24N6O/c1-15-12-16-13(19(2)9-10-7-11(21)8-10)18-14(17-12)20-5-3-4-6-20/h10-11,21H,3-9H2,1-2H3,(H,15,16,17,18). The fourth-order valence-electron chi connectivity index (χ4n) is 3.01. The van der Waals surface area contributed by atoms with Crippen LogP contribution in [-0.4, -0.2) is 59.9 Å². The summed E-state index contributed by atoms with van der Waals surface area (Å²) in [6.07, 6.45) is 4.05. The Hall–Kier alpha value is -1.63. The molecular weight excluding hydrogens is 268 g/mol. The summed E-state index contributed by atoms with van der Waals surface area (Å²) in [5.74, 6) is 2.62. The molecular formula is C14H24N6O. The van der Waals surface area contributed by atoms with Crippen LogP contribution in [0.5, 0.6) is 0 Å². The van der Waals surface area contributed by atoms with Gasteiger partial charge in [-0.1, -0.05) is 0 Å². The molecule has 2 N–H and O–H groups in total. The molecule has 21 heavy (non-hydrogen) atoms. The van der Waals surface area contributed by atoms with Crippen molar-refractivity contribution in [2.45, 2.75) is 31.8 Å². The minimum absolute atomic E-state index is 0.116. The minimum Gasteiger partial charge on any atom is -0.393 e. The first-order valence-corrected chi connectivity index (χ1v) is 7.73. The Balaban J connectivity index is 1.74. The predicted octanol–water partition coefficient (Wildman–Crippen LogP) is 0.721. The third kappa shape index (κ3) is 3.18. The lowest BCUT2D eigenvalue weighted by Gasteiger charge is -2.34. The first-order chi connectivity index (χ1) is 10.2. The Labute approximate surface area is 125 Å². The normalized spacial score (nSPS) is 24.8. The number of nitrogens with one attached hydrogen (secondary N) is 1. The largest absolute Gasteiger partial charge is 0.393 e. The summed E-state index contributed by atoms with van der Waals surface area (Å²) in [6, 6.07) is 0. The molecule has 0 spiro atoms. The summed E-state index contributed by atoms with van der Waals surface area (Å²) >= 11 is 0. The number of rotatable bonds is 5. The van der Waals surface area contributed by atoms with Crippen molar-refractivity contribution in [3.63, 3.8) is 0 Å². The number of aliphatic hydroxyl groups excluding tert-OH is 1. The number of hydrogen-bond acceptors (Lipinski definition) is 7. The maximum Gasteiger partial charge on any atom is 0.231 e. The van der Waals surface area contributed by atoms with Gasteiger partial charge in [0.05, 0.1) is 6.10 Å². The van der Waals surface area contributed by atoms with E-state index >= 15 is 0 Å². The van der Waals surface area contributed by atoms with Crippen LogP contribution in [0.3, 0.4) is 0 Å². The van der Waals surface area contributed by atoms with Gasteiger partial charge < -0.3 is 20.2 Å². The van der Waals surface area contributed by atoms with Gasteiger partial charge in [-0.2, -0.15) is 15.0 Å². The number of anilines is 3. The van der Waals surface area contributed by atoms with Crippen molar-refractivity contribution in [2.75, 3.05) is 48.8 Å². The van der Waals surface area contributed by atoms with Gasteiger partial charge in [-0.05, 0) is 31.6 Å². The van der Waals surface area contributed by atoms with E-state index in [-0.39, 0.29) is 6.10 Å². The highest BCUT2D eigenvalue weighted by molar-refractivity contribution is 5.45. The van der Waals surface area contributed by atoms with Crippen molar-refractivity contribution in [1.82, 2.24) is 15.0 Å². The third-order valence-corrected chi connectivity index (χ3v) is 4.31. The van der Waals surface area contributed by atoms with E-state index in [2.05, 4.69) is 30.1 Å². The van der Waals surface area contributed by atoms with E-state index in [1.54, 1.807) is 0 Å². The monoisotopic (exact) mass is 292 g/mol. The van der Waals surface area contributed by atoms with Crippen LogP contribution in [0.15, 0.2) is 0 Å². The Morgan fingerprint density at radius 2 is 1.95 bits per heavy atom. The van der Waals surface area contributed by atoms with Crippen LogP contribution in [0.1, 0.15) is 25.7 Å². The van der Waals surface area contributed by atoms with Gasteiger partial charge in [0, 0.05) is 33.7 Å². The molecule has 1 aromatic heterocycles. The van der Waals surface area contributed by atoms with Gasteiger partial charge in [-0.25, -0.2) is 0 Å². The van der Waals surface area contributed by atoms with Crippen LogP contribution in [0, 0.1) is 5.92 Å². The van der Waals surface area contributed by atoms with Gasteiger partial charge in [-0.15, -0.1) is 0 Å². The Kier molecular flexibility index (Phi) is 4.10. The van der Waals surface area contributed by atoms with E-state index in [1.165, 1.54) is 12.8 Å². The van der Waals surface area contributed by atoms with E-state index in [4.69, 9.17) is 0 Å². The van der Waals surface area contributed by atoms with Crippen molar-refractivity contribution in [1.29, 1.82) is 0 Å². The van der Waals surface area contributed by atoms with Gasteiger partial charge >= 0.3 is 0 Å². The fourth-order valence-corrected chi connectivity index (χ4v) is 3.01.